The van der Waals surface area contributed by atoms with Gasteiger partial charge in [0.05, 0.1) is 24.3 Å². The summed E-state index contributed by atoms with van der Waals surface area (Å²) in [6.07, 6.45) is 5.55. The van der Waals surface area contributed by atoms with Crippen LogP contribution in [-0.2, 0) is 25.9 Å². The van der Waals surface area contributed by atoms with Crippen LogP contribution in [-0.4, -0.2) is 47.4 Å². The van der Waals surface area contributed by atoms with Gasteiger partial charge >= 0.3 is 5.97 Å². The van der Waals surface area contributed by atoms with Gasteiger partial charge in [0, 0.05) is 22.8 Å². The Morgan fingerprint density at radius 1 is 1.09 bits per heavy atom. The number of nitrogens with zero attached hydrogens (tertiary/aromatic N) is 1. The van der Waals surface area contributed by atoms with Crippen molar-refractivity contribution in [2.45, 2.75) is 49.5 Å². The predicted molar refractivity (Wildman–Crippen MR) is 140 cm³/mol. The summed E-state index contributed by atoms with van der Waals surface area (Å²) >= 11 is 2.26. The summed E-state index contributed by atoms with van der Waals surface area (Å²) in [6, 6.07) is 10.4. The predicted octanol–water partition coefficient (Wildman–Crippen LogP) is 4.80. The van der Waals surface area contributed by atoms with Crippen molar-refractivity contribution in [1.29, 1.82) is 0 Å². The van der Waals surface area contributed by atoms with Crippen molar-refractivity contribution in [1.82, 2.24) is 0 Å². The second-order valence-electron chi connectivity index (χ2n) is 9.53. The summed E-state index contributed by atoms with van der Waals surface area (Å²) in [7, 11) is -2.62. The Balaban J connectivity index is 1.49. The van der Waals surface area contributed by atoms with Gasteiger partial charge in [0.25, 0.3) is 10.0 Å². The molecule has 1 aliphatic carbocycles. The number of ether oxygens (including phenoxy) is 3. The fourth-order valence-electron chi connectivity index (χ4n) is 5.08. The minimum atomic E-state index is -3.91. The molecule has 9 heteroatoms. The summed E-state index contributed by atoms with van der Waals surface area (Å²) in [5, 5.41) is 0. The average molecular weight is 611 g/mol. The number of halogens is 1. The molecule has 35 heavy (non-hydrogen) atoms. The molecule has 0 amide bonds. The van der Waals surface area contributed by atoms with Crippen LogP contribution in [0.15, 0.2) is 41.3 Å². The van der Waals surface area contributed by atoms with Crippen LogP contribution in [0.25, 0.3) is 0 Å². The van der Waals surface area contributed by atoms with E-state index in [1.54, 1.807) is 16.4 Å². The normalized spacial score (nSPS) is 20.9. The quantitative estimate of drug-likeness (QED) is 0.331. The number of rotatable bonds is 7. The first-order chi connectivity index (χ1) is 16.9. The number of esters is 1. The van der Waals surface area contributed by atoms with Gasteiger partial charge in [-0.25, -0.2) is 13.2 Å². The lowest BCUT2D eigenvalue weighted by atomic mass is 9.95. The highest BCUT2D eigenvalue weighted by atomic mass is 127. The summed E-state index contributed by atoms with van der Waals surface area (Å²) in [5.74, 6) is 0.440. The lowest BCUT2D eigenvalue weighted by Crippen LogP contribution is -2.45. The van der Waals surface area contributed by atoms with Crippen molar-refractivity contribution < 1.29 is 27.4 Å². The van der Waals surface area contributed by atoms with E-state index in [0.717, 1.165) is 53.3 Å². The number of carbonyl (C=O) groups is 1. The standard InChI is InChI=1S/C26H30INO6S/c1-32-26(29)22-15-21(6-9-25(22)34-16-17-10-12-33-13-11-17)35(30,31)28-23(18-2-3-18)7-4-19-14-20(27)5-8-24(19)28/h5-6,8-9,14-15,17-18,23H,2-4,7,10-13,16H2,1H3. The highest BCUT2D eigenvalue weighted by Crippen LogP contribution is 2.45. The Morgan fingerprint density at radius 3 is 2.57 bits per heavy atom. The maximum Gasteiger partial charge on any atom is 0.341 e. The van der Waals surface area contributed by atoms with E-state index in [1.165, 1.54) is 13.2 Å². The number of methoxy groups -OCH3 is 1. The van der Waals surface area contributed by atoms with Crippen LogP contribution >= 0.6 is 22.6 Å². The minimum Gasteiger partial charge on any atom is -0.492 e. The molecule has 5 rings (SSSR count). The molecule has 0 N–H and O–H groups in total. The Kier molecular flexibility index (Phi) is 7.28. The van der Waals surface area contributed by atoms with Gasteiger partial charge in [-0.2, -0.15) is 0 Å². The lowest BCUT2D eigenvalue weighted by Gasteiger charge is -2.38. The molecule has 0 radical (unpaired) electrons. The molecule has 1 unspecified atom stereocenters. The zero-order valence-electron chi connectivity index (χ0n) is 19.7. The van der Waals surface area contributed by atoms with E-state index in [4.69, 9.17) is 14.2 Å². The van der Waals surface area contributed by atoms with Gasteiger partial charge in [-0.15, -0.1) is 0 Å². The SMILES string of the molecule is COC(=O)c1cc(S(=O)(=O)N2c3ccc(I)cc3CCC2C2CC2)ccc1OCC1CCOCC1. The van der Waals surface area contributed by atoms with Gasteiger partial charge in [0.2, 0.25) is 0 Å². The Bertz CT molecular complexity index is 1210. The van der Waals surface area contributed by atoms with Crippen molar-refractivity contribution in [3.05, 3.63) is 51.1 Å². The molecule has 1 saturated carbocycles. The Hall–Kier alpha value is -1.85. The molecule has 0 aromatic heterocycles. The fraction of sp³-hybridized carbons (Fsp3) is 0.500. The van der Waals surface area contributed by atoms with Crippen molar-refractivity contribution in [2.24, 2.45) is 11.8 Å². The monoisotopic (exact) mass is 611 g/mol. The highest BCUT2D eigenvalue weighted by Gasteiger charge is 2.44. The van der Waals surface area contributed by atoms with Gasteiger partial charge in [-0.05, 0) is 115 Å². The highest BCUT2D eigenvalue weighted by molar-refractivity contribution is 14.1. The third-order valence-electron chi connectivity index (χ3n) is 7.18. The van der Waals surface area contributed by atoms with Crippen LogP contribution in [0.5, 0.6) is 5.75 Å². The van der Waals surface area contributed by atoms with Gasteiger partial charge in [0.1, 0.15) is 11.3 Å². The van der Waals surface area contributed by atoms with Gasteiger partial charge in [0.15, 0.2) is 0 Å². The molecule has 1 atom stereocenters. The topological polar surface area (TPSA) is 82.1 Å². The molecule has 7 nitrogen and oxygen atoms in total. The maximum absolute atomic E-state index is 14.1. The maximum atomic E-state index is 14.1. The molecule has 2 aromatic rings. The van der Waals surface area contributed by atoms with E-state index in [-0.39, 0.29) is 16.5 Å². The molecule has 3 aliphatic rings. The molecule has 188 valence electrons. The molecule has 2 fully saturated rings. The second-order valence-corrected chi connectivity index (χ2v) is 12.6. The number of hydrogen-bond donors (Lipinski definition) is 0. The first-order valence-corrected chi connectivity index (χ1v) is 14.7. The van der Waals surface area contributed by atoms with Gasteiger partial charge in [-0.1, -0.05) is 0 Å². The van der Waals surface area contributed by atoms with Crippen LogP contribution in [0.1, 0.15) is 48.0 Å². The van der Waals surface area contributed by atoms with E-state index in [2.05, 4.69) is 28.7 Å². The van der Waals surface area contributed by atoms with E-state index in [0.29, 0.717) is 37.4 Å². The third kappa shape index (κ3) is 5.17. The van der Waals surface area contributed by atoms with Crippen molar-refractivity contribution in [3.8, 4) is 5.75 Å². The number of sulfonamides is 1. The first-order valence-electron chi connectivity index (χ1n) is 12.1. The van der Waals surface area contributed by atoms with Crippen molar-refractivity contribution in [2.75, 3.05) is 31.2 Å². The van der Waals surface area contributed by atoms with E-state index < -0.39 is 16.0 Å². The molecule has 2 aliphatic heterocycles. The largest absolute Gasteiger partial charge is 0.492 e. The zero-order chi connectivity index (χ0) is 24.6. The third-order valence-corrected chi connectivity index (χ3v) is 9.69. The Labute approximate surface area is 220 Å². The molecule has 0 spiro atoms. The Morgan fingerprint density at radius 2 is 1.86 bits per heavy atom. The van der Waals surface area contributed by atoms with E-state index >= 15 is 0 Å². The van der Waals surface area contributed by atoms with Crippen LogP contribution in [0.2, 0.25) is 0 Å². The molecular weight excluding hydrogens is 581 g/mol. The average Bonchev–Trinajstić information content (AvgIpc) is 3.72. The number of fused-ring (bicyclic) bond motifs is 1. The van der Waals surface area contributed by atoms with Gasteiger partial charge in [-0.3, -0.25) is 4.31 Å². The summed E-state index contributed by atoms with van der Waals surface area (Å²) < 4.78 is 47.2. The van der Waals surface area contributed by atoms with E-state index in [1.807, 2.05) is 12.1 Å². The number of aryl methyl sites for hydroxylation is 1. The lowest BCUT2D eigenvalue weighted by molar-refractivity contribution is 0.0483. The van der Waals surface area contributed by atoms with Crippen LogP contribution in [0.4, 0.5) is 5.69 Å². The molecule has 0 bridgehead atoms. The second kappa shape index (κ2) is 10.3. The smallest absolute Gasteiger partial charge is 0.341 e. The number of hydrogen-bond acceptors (Lipinski definition) is 6. The summed E-state index contributed by atoms with van der Waals surface area (Å²) in [4.78, 5) is 12.7. The number of carbonyl (C=O) groups excluding carboxylic acids is 1. The van der Waals surface area contributed by atoms with E-state index in [9.17, 15) is 13.2 Å². The summed E-state index contributed by atoms with van der Waals surface area (Å²) in [5.41, 5.74) is 1.92. The van der Waals surface area contributed by atoms with Crippen molar-refractivity contribution in [3.63, 3.8) is 0 Å². The molecular formula is C26H30INO6S. The fourth-order valence-corrected chi connectivity index (χ4v) is 7.44. The number of anilines is 1. The minimum absolute atomic E-state index is 0.0708. The van der Waals surface area contributed by atoms with Crippen LogP contribution in [0.3, 0.4) is 0 Å². The molecule has 2 aromatic carbocycles. The summed E-state index contributed by atoms with van der Waals surface area (Å²) in [6.45, 7) is 1.85. The first kappa shape index (κ1) is 24.8. The van der Waals surface area contributed by atoms with Crippen molar-refractivity contribution >= 4 is 44.3 Å². The molecule has 1 saturated heterocycles. The zero-order valence-corrected chi connectivity index (χ0v) is 22.7. The van der Waals surface area contributed by atoms with Gasteiger partial charge < -0.3 is 14.2 Å². The van der Waals surface area contributed by atoms with Crippen LogP contribution in [0, 0.1) is 15.4 Å². The molecule has 2 heterocycles. The van der Waals surface area contributed by atoms with Crippen LogP contribution < -0.4 is 9.04 Å². The number of benzene rings is 2.